The second kappa shape index (κ2) is 7.61. The Balaban J connectivity index is 5.19. The van der Waals surface area contributed by atoms with Crippen molar-refractivity contribution in [3.05, 3.63) is 0 Å². The second-order valence-electron chi connectivity index (χ2n) is 5.44. The minimum atomic E-state index is -3.18. The molecule has 7 heteroatoms. The van der Waals surface area contributed by atoms with Crippen molar-refractivity contribution in [3.63, 3.8) is 0 Å². The van der Waals surface area contributed by atoms with Crippen LogP contribution in [0.15, 0.2) is 0 Å². The molecule has 0 aromatic heterocycles. The highest BCUT2D eigenvalue weighted by Gasteiger charge is 2.47. The second-order valence-corrected chi connectivity index (χ2v) is 7.70. The number of carbonyl (C=O) groups is 2. The Morgan fingerprint density at radius 1 is 1.30 bits per heavy atom. The van der Waals surface area contributed by atoms with Crippen LogP contribution in [0.25, 0.3) is 0 Å². The van der Waals surface area contributed by atoms with E-state index in [1.165, 1.54) is 0 Å². The standard InChI is InChI=1S/C13H24O6S/c1-5-19-12(16)13(11(14)15,9-10(2)3)7-6-8-20(4,17)18/h10H,5-9H2,1-4H3,(H,14,15). The SMILES string of the molecule is CCOC(=O)C(CCCS(C)(=O)=O)(CC(C)C)C(=O)O. The van der Waals surface area contributed by atoms with Gasteiger partial charge in [-0.3, -0.25) is 9.59 Å². The van der Waals surface area contributed by atoms with E-state index in [4.69, 9.17) is 4.74 Å². The fourth-order valence-electron chi connectivity index (χ4n) is 2.17. The first kappa shape index (κ1) is 18.9. The molecular weight excluding hydrogens is 284 g/mol. The molecule has 0 fully saturated rings. The molecule has 0 aliphatic rings. The third kappa shape index (κ3) is 5.90. The quantitative estimate of drug-likeness (QED) is 0.512. The first-order valence-corrected chi connectivity index (χ1v) is 8.69. The van der Waals surface area contributed by atoms with Crippen LogP contribution in [-0.4, -0.2) is 44.1 Å². The lowest BCUT2D eigenvalue weighted by Crippen LogP contribution is -2.42. The molecule has 0 aromatic carbocycles. The summed E-state index contributed by atoms with van der Waals surface area (Å²) in [4.78, 5) is 23.6. The maximum atomic E-state index is 12.0. The average molecular weight is 308 g/mol. The van der Waals surface area contributed by atoms with Crippen LogP contribution in [0.4, 0.5) is 0 Å². The summed E-state index contributed by atoms with van der Waals surface area (Å²) < 4.78 is 27.2. The molecule has 0 aliphatic carbocycles. The highest BCUT2D eigenvalue weighted by molar-refractivity contribution is 7.90. The molecule has 1 N–H and O–H groups in total. The van der Waals surface area contributed by atoms with Gasteiger partial charge in [0.15, 0.2) is 5.41 Å². The zero-order valence-electron chi connectivity index (χ0n) is 12.5. The van der Waals surface area contributed by atoms with Gasteiger partial charge in [-0.05, 0) is 32.1 Å². The first-order valence-electron chi connectivity index (χ1n) is 6.63. The molecule has 6 nitrogen and oxygen atoms in total. The molecule has 0 bridgehead atoms. The van der Waals surface area contributed by atoms with Gasteiger partial charge in [0.05, 0.1) is 6.61 Å². The summed E-state index contributed by atoms with van der Waals surface area (Å²) in [5.41, 5.74) is -1.66. The Hall–Kier alpha value is -1.11. The van der Waals surface area contributed by atoms with Crippen LogP contribution in [0.2, 0.25) is 0 Å². The van der Waals surface area contributed by atoms with Gasteiger partial charge in [-0.25, -0.2) is 8.42 Å². The molecule has 0 aromatic rings. The Labute approximate surface area is 120 Å². The van der Waals surface area contributed by atoms with Crippen molar-refractivity contribution in [1.82, 2.24) is 0 Å². The number of hydrogen-bond acceptors (Lipinski definition) is 5. The lowest BCUT2D eigenvalue weighted by molar-refractivity contribution is -0.170. The first-order chi connectivity index (χ1) is 9.05. The zero-order valence-corrected chi connectivity index (χ0v) is 13.3. The van der Waals surface area contributed by atoms with Crippen molar-refractivity contribution < 1.29 is 27.9 Å². The zero-order chi connectivity index (χ0) is 16.0. The van der Waals surface area contributed by atoms with E-state index in [0.29, 0.717) is 0 Å². The number of carbonyl (C=O) groups excluding carboxylic acids is 1. The highest BCUT2D eigenvalue weighted by atomic mass is 32.2. The number of aliphatic carboxylic acids is 1. The summed E-state index contributed by atoms with van der Waals surface area (Å²) in [5, 5.41) is 9.45. The van der Waals surface area contributed by atoms with Crippen LogP contribution >= 0.6 is 0 Å². The fraction of sp³-hybridized carbons (Fsp3) is 0.846. The third-order valence-corrected chi connectivity index (χ3v) is 3.98. The van der Waals surface area contributed by atoms with Gasteiger partial charge in [0.1, 0.15) is 9.84 Å². The molecule has 0 saturated heterocycles. The minimum absolute atomic E-state index is 0.0197. The molecule has 0 radical (unpaired) electrons. The minimum Gasteiger partial charge on any atom is -0.480 e. The lowest BCUT2D eigenvalue weighted by Gasteiger charge is -2.28. The van der Waals surface area contributed by atoms with Gasteiger partial charge >= 0.3 is 11.9 Å². The smallest absolute Gasteiger partial charge is 0.323 e. The Bertz CT molecular complexity index is 440. The molecule has 1 atom stereocenters. The van der Waals surface area contributed by atoms with E-state index < -0.39 is 27.2 Å². The number of rotatable bonds is 9. The van der Waals surface area contributed by atoms with Gasteiger partial charge in [-0.1, -0.05) is 13.8 Å². The number of carboxylic acids is 1. The van der Waals surface area contributed by atoms with E-state index >= 15 is 0 Å². The van der Waals surface area contributed by atoms with Crippen molar-refractivity contribution >= 4 is 21.8 Å². The third-order valence-electron chi connectivity index (χ3n) is 2.95. The predicted octanol–water partition coefficient (Wildman–Crippen LogP) is 1.49. The molecule has 0 amide bonds. The van der Waals surface area contributed by atoms with E-state index in [1.54, 1.807) is 6.92 Å². The molecule has 20 heavy (non-hydrogen) atoms. The van der Waals surface area contributed by atoms with E-state index in [2.05, 4.69) is 0 Å². The van der Waals surface area contributed by atoms with Gasteiger partial charge < -0.3 is 9.84 Å². The molecule has 0 saturated carbocycles. The Kier molecular flexibility index (Phi) is 7.19. The van der Waals surface area contributed by atoms with Crippen LogP contribution < -0.4 is 0 Å². The van der Waals surface area contributed by atoms with Gasteiger partial charge in [-0.15, -0.1) is 0 Å². The van der Waals surface area contributed by atoms with Gasteiger partial charge in [0.25, 0.3) is 0 Å². The van der Waals surface area contributed by atoms with Crippen molar-refractivity contribution in [2.24, 2.45) is 11.3 Å². The average Bonchev–Trinajstić information content (AvgIpc) is 2.25. The van der Waals surface area contributed by atoms with E-state index in [9.17, 15) is 23.1 Å². The molecule has 0 heterocycles. The summed E-state index contributed by atoms with van der Waals surface area (Å²) in [6.07, 6.45) is 1.30. The van der Waals surface area contributed by atoms with E-state index in [-0.39, 0.29) is 37.5 Å². The van der Waals surface area contributed by atoms with Crippen LogP contribution in [0.3, 0.4) is 0 Å². The summed E-state index contributed by atoms with van der Waals surface area (Å²) in [7, 11) is -3.18. The van der Waals surface area contributed by atoms with Gasteiger partial charge in [0.2, 0.25) is 0 Å². The molecule has 0 rings (SSSR count). The maximum Gasteiger partial charge on any atom is 0.323 e. The molecule has 0 aliphatic heterocycles. The number of hydrogen-bond donors (Lipinski definition) is 1. The molecular formula is C13H24O6S. The number of sulfone groups is 1. The van der Waals surface area contributed by atoms with Crippen LogP contribution in [-0.2, 0) is 24.2 Å². The maximum absolute atomic E-state index is 12.0. The summed E-state index contributed by atoms with van der Waals surface area (Å²) >= 11 is 0. The molecule has 118 valence electrons. The predicted molar refractivity (Wildman–Crippen MR) is 75.1 cm³/mol. The largest absolute Gasteiger partial charge is 0.480 e. The molecule has 1 unspecified atom stereocenters. The van der Waals surface area contributed by atoms with Gasteiger partial charge in [0, 0.05) is 12.0 Å². The van der Waals surface area contributed by atoms with Crippen molar-refractivity contribution in [2.75, 3.05) is 18.6 Å². The summed E-state index contributed by atoms with van der Waals surface area (Å²) in [5.74, 6) is -2.19. The summed E-state index contributed by atoms with van der Waals surface area (Å²) in [6.45, 7) is 5.33. The number of esters is 1. The Morgan fingerprint density at radius 2 is 1.85 bits per heavy atom. The number of ether oxygens (including phenoxy) is 1. The normalized spacial score (nSPS) is 14.8. The topological polar surface area (TPSA) is 97.7 Å². The fourth-order valence-corrected chi connectivity index (χ4v) is 2.84. The van der Waals surface area contributed by atoms with Crippen molar-refractivity contribution in [2.45, 2.75) is 40.0 Å². The molecule has 0 spiro atoms. The van der Waals surface area contributed by atoms with Crippen LogP contribution in [0.5, 0.6) is 0 Å². The summed E-state index contributed by atoms with van der Waals surface area (Å²) in [6, 6.07) is 0. The van der Waals surface area contributed by atoms with Crippen LogP contribution in [0, 0.1) is 11.3 Å². The van der Waals surface area contributed by atoms with E-state index in [1.807, 2.05) is 13.8 Å². The van der Waals surface area contributed by atoms with E-state index in [0.717, 1.165) is 6.26 Å². The van der Waals surface area contributed by atoms with Gasteiger partial charge in [-0.2, -0.15) is 0 Å². The highest BCUT2D eigenvalue weighted by Crippen LogP contribution is 2.34. The lowest BCUT2D eigenvalue weighted by atomic mass is 9.76. The van der Waals surface area contributed by atoms with Crippen molar-refractivity contribution in [3.8, 4) is 0 Å². The monoisotopic (exact) mass is 308 g/mol. The van der Waals surface area contributed by atoms with Crippen molar-refractivity contribution in [1.29, 1.82) is 0 Å². The Morgan fingerprint density at radius 3 is 2.20 bits per heavy atom. The number of carboxylic acid groups (broad SMARTS) is 1. The van der Waals surface area contributed by atoms with Crippen LogP contribution in [0.1, 0.15) is 40.0 Å².